The number of aliphatic hydroxyl groups is 1. The number of aliphatic hydroxyl groups excluding tert-OH is 1. The van der Waals surface area contributed by atoms with Gasteiger partial charge in [0, 0.05) is 45.2 Å². The average Bonchev–Trinajstić information content (AvgIpc) is 3.26. The van der Waals surface area contributed by atoms with Crippen LogP contribution < -0.4 is 0 Å². The summed E-state index contributed by atoms with van der Waals surface area (Å²) >= 11 is 0. The first-order valence-corrected chi connectivity index (χ1v) is 9.28. The Morgan fingerprint density at radius 3 is 2.50 bits per heavy atom. The molecule has 0 spiro atoms. The highest BCUT2D eigenvalue weighted by molar-refractivity contribution is 5.09. The molecule has 4 rings (SSSR count). The summed E-state index contributed by atoms with van der Waals surface area (Å²) < 4.78 is 8.06. The second-order valence-electron chi connectivity index (χ2n) is 7.77. The minimum Gasteiger partial charge on any atom is -0.390 e. The van der Waals surface area contributed by atoms with Gasteiger partial charge in [0.05, 0.1) is 24.9 Å². The van der Waals surface area contributed by atoms with E-state index < -0.39 is 0 Å². The molecule has 24 heavy (non-hydrogen) atoms. The molecule has 1 N–H and O–H groups in total. The van der Waals surface area contributed by atoms with Gasteiger partial charge in [0.1, 0.15) is 11.6 Å². The molecule has 3 unspecified atom stereocenters. The van der Waals surface area contributed by atoms with E-state index in [1.54, 1.807) is 0 Å². The zero-order chi connectivity index (χ0) is 16.7. The minimum atomic E-state index is -0.333. The van der Waals surface area contributed by atoms with Crippen molar-refractivity contribution in [1.82, 2.24) is 24.6 Å². The quantitative estimate of drug-likeness (QED) is 0.842. The maximum atomic E-state index is 10.5. The summed E-state index contributed by atoms with van der Waals surface area (Å²) in [6.07, 6.45) is 2.68. The molecule has 134 valence electrons. The van der Waals surface area contributed by atoms with Gasteiger partial charge in [0.2, 0.25) is 0 Å². The van der Waals surface area contributed by atoms with Crippen molar-refractivity contribution in [1.29, 1.82) is 0 Å². The molecule has 7 heteroatoms. The molecule has 3 aliphatic rings. The third-order valence-corrected chi connectivity index (χ3v) is 5.24. The summed E-state index contributed by atoms with van der Waals surface area (Å²) in [5, 5.41) is 19.3. The van der Waals surface area contributed by atoms with E-state index in [1.165, 1.54) is 18.7 Å². The first-order valence-electron chi connectivity index (χ1n) is 9.28. The lowest BCUT2D eigenvalue weighted by atomic mass is 10.2. The Kier molecular flexibility index (Phi) is 4.60. The topological polar surface area (TPSA) is 66.7 Å². The number of ether oxygens (including phenoxy) is 1. The standard InChI is InChI=1S/C17H29N5O2/c1-12-7-21(8-13(2)24-12)10-15(23)9-20-5-6-22-16(11-20)18-19-17(22)14-3-4-14/h12-15,23H,3-11H2,1-2H3. The second kappa shape index (κ2) is 6.71. The van der Waals surface area contributed by atoms with Crippen LogP contribution in [0.25, 0.3) is 0 Å². The molecule has 1 aromatic rings. The van der Waals surface area contributed by atoms with Crippen LogP contribution in [0.15, 0.2) is 0 Å². The molecule has 3 atom stereocenters. The maximum Gasteiger partial charge on any atom is 0.147 e. The minimum absolute atomic E-state index is 0.246. The molecule has 0 bridgehead atoms. The highest BCUT2D eigenvalue weighted by Gasteiger charge is 2.32. The Bertz CT molecular complexity index is 563. The molecule has 2 aliphatic heterocycles. The number of hydrogen-bond acceptors (Lipinski definition) is 6. The Labute approximate surface area is 143 Å². The first kappa shape index (κ1) is 16.4. The molecule has 7 nitrogen and oxygen atoms in total. The van der Waals surface area contributed by atoms with Gasteiger partial charge in [-0.2, -0.15) is 0 Å². The van der Waals surface area contributed by atoms with E-state index in [-0.39, 0.29) is 18.3 Å². The van der Waals surface area contributed by atoms with Crippen molar-refractivity contribution in [2.24, 2.45) is 0 Å². The third kappa shape index (κ3) is 3.64. The highest BCUT2D eigenvalue weighted by Crippen LogP contribution is 2.39. The summed E-state index contributed by atoms with van der Waals surface area (Å²) in [4.78, 5) is 4.62. The van der Waals surface area contributed by atoms with Crippen LogP contribution in [0.5, 0.6) is 0 Å². The van der Waals surface area contributed by atoms with E-state index in [1.807, 2.05) is 0 Å². The number of β-amino-alcohol motifs (C(OH)–C–C–N with tert-alkyl or cyclic N) is 1. The van der Waals surface area contributed by atoms with Gasteiger partial charge in [-0.05, 0) is 26.7 Å². The molecule has 0 radical (unpaired) electrons. The Morgan fingerprint density at radius 1 is 1.08 bits per heavy atom. The molecule has 0 aromatic carbocycles. The third-order valence-electron chi connectivity index (χ3n) is 5.24. The first-order chi connectivity index (χ1) is 11.6. The largest absolute Gasteiger partial charge is 0.390 e. The van der Waals surface area contributed by atoms with Gasteiger partial charge in [0.25, 0.3) is 0 Å². The number of nitrogens with zero attached hydrogens (tertiary/aromatic N) is 5. The van der Waals surface area contributed by atoms with Crippen LogP contribution in [0.1, 0.15) is 44.3 Å². The molecule has 1 saturated heterocycles. The van der Waals surface area contributed by atoms with Crippen molar-refractivity contribution < 1.29 is 9.84 Å². The van der Waals surface area contributed by atoms with E-state index in [0.717, 1.165) is 38.5 Å². The lowest BCUT2D eigenvalue weighted by molar-refractivity contribution is -0.0783. The molecule has 3 heterocycles. The normalized spacial score (nSPS) is 30.3. The summed E-state index contributed by atoms with van der Waals surface area (Å²) in [5.41, 5.74) is 0. The van der Waals surface area contributed by atoms with Crippen LogP contribution in [0.3, 0.4) is 0 Å². The molecule has 1 aromatic heterocycles. The van der Waals surface area contributed by atoms with Crippen molar-refractivity contribution in [3.63, 3.8) is 0 Å². The van der Waals surface area contributed by atoms with Crippen LogP contribution in [-0.4, -0.2) is 80.7 Å². The Hall–Kier alpha value is -1.02. The monoisotopic (exact) mass is 335 g/mol. The molecule has 1 saturated carbocycles. The fourth-order valence-electron chi connectivity index (χ4n) is 4.12. The highest BCUT2D eigenvalue weighted by atomic mass is 16.5. The van der Waals surface area contributed by atoms with Crippen molar-refractivity contribution in [2.45, 2.75) is 64.0 Å². The number of aromatic nitrogens is 3. The van der Waals surface area contributed by atoms with Gasteiger partial charge in [0.15, 0.2) is 0 Å². The number of fused-ring (bicyclic) bond motifs is 1. The number of morpholine rings is 1. The fourth-order valence-corrected chi connectivity index (χ4v) is 4.12. The smallest absolute Gasteiger partial charge is 0.147 e. The van der Waals surface area contributed by atoms with Gasteiger partial charge >= 0.3 is 0 Å². The lowest BCUT2D eigenvalue weighted by Crippen LogP contribution is -2.50. The number of hydrogen-bond donors (Lipinski definition) is 1. The zero-order valence-corrected chi connectivity index (χ0v) is 14.8. The van der Waals surface area contributed by atoms with Crippen molar-refractivity contribution in [2.75, 3.05) is 32.7 Å². The average molecular weight is 335 g/mol. The predicted molar refractivity (Wildman–Crippen MR) is 89.7 cm³/mol. The zero-order valence-electron chi connectivity index (χ0n) is 14.8. The van der Waals surface area contributed by atoms with Gasteiger partial charge in [-0.15, -0.1) is 10.2 Å². The van der Waals surface area contributed by atoms with E-state index in [9.17, 15) is 5.11 Å². The van der Waals surface area contributed by atoms with E-state index in [2.05, 4.69) is 38.4 Å². The maximum absolute atomic E-state index is 10.5. The lowest BCUT2D eigenvalue weighted by Gasteiger charge is -2.37. The van der Waals surface area contributed by atoms with E-state index >= 15 is 0 Å². The Balaban J connectivity index is 1.29. The van der Waals surface area contributed by atoms with Crippen molar-refractivity contribution >= 4 is 0 Å². The van der Waals surface area contributed by atoms with Crippen LogP contribution in [0, 0.1) is 0 Å². The van der Waals surface area contributed by atoms with Crippen LogP contribution in [0.2, 0.25) is 0 Å². The second-order valence-corrected chi connectivity index (χ2v) is 7.77. The molecule has 2 fully saturated rings. The summed E-state index contributed by atoms with van der Waals surface area (Å²) in [6, 6.07) is 0. The number of rotatable bonds is 5. The predicted octanol–water partition coefficient (Wildman–Crippen LogP) is 0.441. The van der Waals surface area contributed by atoms with Crippen LogP contribution in [0.4, 0.5) is 0 Å². The van der Waals surface area contributed by atoms with Crippen molar-refractivity contribution in [3.8, 4) is 0 Å². The SMILES string of the molecule is CC1CN(CC(O)CN2CCn3c(nnc3C3CC3)C2)CC(C)O1. The van der Waals surface area contributed by atoms with Gasteiger partial charge < -0.3 is 14.4 Å². The van der Waals surface area contributed by atoms with Gasteiger partial charge in [-0.25, -0.2) is 0 Å². The molecule has 1 aliphatic carbocycles. The summed E-state index contributed by atoms with van der Waals surface area (Å²) in [6.45, 7) is 10.1. The summed E-state index contributed by atoms with van der Waals surface area (Å²) in [7, 11) is 0. The Morgan fingerprint density at radius 2 is 1.79 bits per heavy atom. The van der Waals surface area contributed by atoms with Crippen molar-refractivity contribution in [3.05, 3.63) is 11.6 Å². The van der Waals surface area contributed by atoms with E-state index in [4.69, 9.17) is 4.74 Å². The van der Waals surface area contributed by atoms with Crippen LogP contribution in [-0.2, 0) is 17.8 Å². The van der Waals surface area contributed by atoms with E-state index in [0.29, 0.717) is 19.0 Å². The van der Waals surface area contributed by atoms with Crippen LogP contribution >= 0.6 is 0 Å². The fraction of sp³-hybridized carbons (Fsp3) is 0.882. The molecule has 0 amide bonds. The summed E-state index contributed by atoms with van der Waals surface area (Å²) in [5.74, 6) is 2.89. The van der Waals surface area contributed by atoms with Gasteiger partial charge in [-0.1, -0.05) is 0 Å². The molecular formula is C17H29N5O2. The molecular weight excluding hydrogens is 306 g/mol. The van der Waals surface area contributed by atoms with Gasteiger partial charge in [-0.3, -0.25) is 9.80 Å².